The van der Waals surface area contributed by atoms with Gasteiger partial charge in [0.15, 0.2) is 6.61 Å². The van der Waals surface area contributed by atoms with E-state index in [4.69, 9.17) is 4.74 Å². The lowest BCUT2D eigenvalue weighted by Crippen LogP contribution is -2.40. The largest absolute Gasteiger partial charge is 0.482 e. The third kappa shape index (κ3) is 3.13. The second-order valence-electron chi connectivity index (χ2n) is 4.15. The van der Waals surface area contributed by atoms with Gasteiger partial charge in [0.1, 0.15) is 5.75 Å². The summed E-state index contributed by atoms with van der Waals surface area (Å²) in [6.45, 7) is 4.51. The molecule has 19 heavy (non-hydrogen) atoms. The summed E-state index contributed by atoms with van der Waals surface area (Å²) in [7, 11) is 0. The Hall–Kier alpha value is -2.30. The molecule has 0 bridgehead atoms. The molecule has 1 aliphatic heterocycles. The second kappa shape index (κ2) is 6.04. The van der Waals surface area contributed by atoms with Gasteiger partial charge in [-0.1, -0.05) is 18.7 Å². The summed E-state index contributed by atoms with van der Waals surface area (Å²) in [5.74, 6) is 0.458. The molecule has 0 saturated heterocycles. The molecule has 1 aliphatic rings. The lowest BCUT2D eigenvalue weighted by Gasteiger charge is -2.29. The number of amides is 2. The Morgan fingerprint density at radius 2 is 2.26 bits per heavy atom. The molecule has 0 radical (unpaired) electrons. The molecule has 0 fully saturated rings. The van der Waals surface area contributed by atoms with E-state index in [9.17, 15) is 9.59 Å². The number of nitrogens with one attached hydrogen (secondary N) is 1. The topological polar surface area (TPSA) is 58.6 Å². The second-order valence-corrected chi connectivity index (χ2v) is 4.15. The summed E-state index contributed by atoms with van der Waals surface area (Å²) in [6.07, 6.45) is 1.91. The van der Waals surface area contributed by atoms with Crippen molar-refractivity contribution in [3.05, 3.63) is 36.9 Å². The molecule has 2 amide bonds. The summed E-state index contributed by atoms with van der Waals surface area (Å²) in [5, 5.41) is 2.68. The van der Waals surface area contributed by atoms with Crippen LogP contribution in [0.3, 0.4) is 0 Å². The quantitative estimate of drug-likeness (QED) is 0.637. The first-order valence-electron chi connectivity index (χ1n) is 6.15. The number of fused-ring (bicyclic) bond motifs is 1. The predicted octanol–water partition coefficient (Wildman–Crippen LogP) is 1.10. The third-order valence-corrected chi connectivity index (χ3v) is 2.85. The molecule has 1 N–H and O–H groups in total. The van der Waals surface area contributed by atoms with E-state index in [1.807, 2.05) is 24.3 Å². The molecule has 5 heteroatoms. The van der Waals surface area contributed by atoms with Crippen LogP contribution in [0.15, 0.2) is 36.9 Å². The molecule has 1 aromatic rings. The zero-order chi connectivity index (χ0) is 13.7. The number of carbonyl (C=O) groups excluding carboxylic acids is 2. The third-order valence-electron chi connectivity index (χ3n) is 2.85. The normalized spacial score (nSPS) is 13.5. The first-order valence-corrected chi connectivity index (χ1v) is 6.15. The monoisotopic (exact) mass is 260 g/mol. The Balaban J connectivity index is 1.94. The van der Waals surface area contributed by atoms with E-state index < -0.39 is 0 Å². The van der Waals surface area contributed by atoms with Crippen LogP contribution in [-0.4, -0.2) is 31.5 Å². The van der Waals surface area contributed by atoms with Crippen LogP contribution < -0.4 is 15.0 Å². The van der Waals surface area contributed by atoms with Gasteiger partial charge in [-0.3, -0.25) is 9.59 Å². The Labute approximate surface area is 111 Å². The van der Waals surface area contributed by atoms with Gasteiger partial charge in [0, 0.05) is 13.1 Å². The number of carbonyl (C=O) groups is 2. The number of anilines is 1. The fraction of sp³-hybridized carbons (Fsp3) is 0.286. The average molecular weight is 260 g/mol. The van der Waals surface area contributed by atoms with Gasteiger partial charge in [0.25, 0.3) is 5.91 Å². The van der Waals surface area contributed by atoms with Crippen molar-refractivity contribution in [2.45, 2.75) is 6.42 Å². The molecule has 0 atom stereocenters. The van der Waals surface area contributed by atoms with Gasteiger partial charge < -0.3 is 15.0 Å². The fourth-order valence-corrected chi connectivity index (χ4v) is 1.92. The van der Waals surface area contributed by atoms with Crippen molar-refractivity contribution in [1.82, 2.24) is 5.32 Å². The molecule has 0 aliphatic carbocycles. The van der Waals surface area contributed by atoms with Gasteiger partial charge in [-0.25, -0.2) is 0 Å². The maximum absolute atomic E-state index is 11.8. The molecule has 0 unspecified atom stereocenters. The zero-order valence-electron chi connectivity index (χ0n) is 10.6. The molecular formula is C14H16N2O3. The number of ether oxygens (including phenoxy) is 1. The van der Waals surface area contributed by atoms with Crippen LogP contribution in [0.25, 0.3) is 0 Å². The van der Waals surface area contributed by atoms with Crippen LogP contribution in [0.2, 0.25) is 0 Å². The van der Waals surface area contributed by atoms with Crippen LogP contribution >= 0.6 is 0 Å². The summed E-state index contributed by atoms with van der Waals surface area (Å²) >= 11 is 0. The van der Waals surface area contributed by atoms with Crippen molar-refractivity contribution in [2.24, 2.45) is 0 Å². The molecule has 0 aromatic heterocycles. The van der Waals surface area contributed by atoms with E-state index in [1.165, 1.54) is 6.08 Å². The number of benzene rings is 1. The van der Waals surface area contributed by atoms with Gasteiger partial charge >= 0.3 is 0 Å². The average Bonchev–Trinajstić information content (AvgIpc) is 2.45. The minimum atomic E-state index is -0.200. The maximum Gasteiger partial charge on any atom is 0.265 e. The molecule has 5 nitrogen and oxygen atoms in total. The maximum atomic E-state index is 11.8. The lowest BCUT2D eigenvalue weighted by molar-refractivity contribution is -0.121. The molecule has 100 valence electrons. The Kier molecular flexibility index (Phi) is 4.18. The van der Waals surface area contributed by atoms with Gasteiger partial charge in [-0.15, -0.1) is 0 Å². The van der Waals surface area contributed by atoms with E-state index in [0.29, 0.717) is 19.5 Å². The Bertz CT molecular complexity index is 499. The number of para-hydroxylation sites is 2. The molecule has 2 rings (SSSR count). The van der Waals surface area contributed by atoms with Crippen molar-refractivity contribution >= 4 is 17.5 Å². The van der Waals surface area contributed by atoms with E-state index in [0.717, 1.165) is 11.4 Å². The smallest absolute Gasteiger partial charge is 0.265 e. The molecule has 1 aromatic carbocycles. The lowest BCUT2D eigenvalue weighted by atomic mass is 10.2. The highest BCUT2D eigenvalue weighted by Crippen LogP contribution is 2.31. The zero-order valence-corrected chi connectivity index (χ0v) is 10.6. The van der Waals surface area contributed by atoms with Crippen LogP contribution in [-0.2, 0) is 9.59 Å². The molecular weight excluding hydrogens is 244 g/mol. The summed E-state index contributed by atoms with van der Waals surface area (Å²) in [4.78, 5) is 24.5. The van der Waals surface area contributed by atoms with Crippen LogP contribution in [0.5, 0.6) is 5.75 Å². The highest BCUT2D eigenvalue weighted by molar-refractivity contribution is 5.97. The number of rotatable bonds is 5. The van der Waals surface area contributed by atoms with Crippen molar-refractivity contribution in [1.29, 1.82) is 0 Å². The van der Waals surface area contributed by atoms with E-state index in [1.54, 1.807) is 4.90 Å². The first kappa shape index (κ1) is 13.1. The summed E-state index contributed by atoms with van der Waals surface area (Å²) in [6, 6.07) is 7.44. The van der Waals surface area contributed by atoms with Crippen molar-refractivity contribution < 1.29 is 14.3 Å². The SMILES string of the molecule is C=CC(=O)NCCCN1C(=O)COc2ccccc21. The highest BCUT2D eigenvalue weighted by atomic mass is 16.5. The number of hydrogen-bond donors (Lipinski definition) is 1. The van der Waals surface area contributed by atoms with Crippen molar-refractivity contribution in [3.8, 4) is 5.75 Å². The Morgan fingerprint density at radius 3 is 3.05 bits per heavy atom. The predicted molar refractivity (Wildman–Crippen MR) is 72.1 cm³/mol. The van der Waals surface area contributed by atoms with Crippen LogP contribution in [0, 0.1) is 0 Å². The number of hydrogen-bond acceptors (Lipinski definition) is 3. The van der Waals surface area contributed by atoms with E-state index in [2.05, 4.69) is 11.9 Å². The van der Waals surface area contributed by atoms with Gasteiger partial charge in [0.2, 0.25) is 5.91 Å². The first-order chi connectivity index (χ1) is 9.22. The van der Waals surface area contributed by atoms with Gasteiger partial charge in [-0.2, -0.15) is 0 Å². The van der Waals surface area contributed by atoms with Crippen molar-refractivity contribution in [2.75, 3.05) is 24.6 Å². The minimum absolute atomic E-state index is 0.0613. The van der Waals surface area contributed by atoms with Crippen molar-refractivity contribution in [3.63, 3.8) is 0 Å². The van der Waals surface area contributed by atoms with Gasteiger partial charge in [-0.05, 0) is 24.6 Å². The molecule has 0 saturated carbocycles. The standard InChI is InChI=1S/C14H16N2O3/c1-2-13(17)15-8-5-9-16-11-6-3-4-7-12(11)19-10-14(16)18/h2-4,6-7H,1,5,8-10H2,(H,15,17). The Morgan fingerprint density at radius 1 is 1.47 bits per heavy atom. The highest BCUT2D eigenvalue weighted by Gasteiger charge is 2.24. The fourth-order valence-electron chi connectivity index (χ4n) is 1.92. The van der Waals surface area contributed by atoms with E-state index >= 15 is 0 Å². The number of nitrogens with zero attached hydrogens (tertiary/aromatic N) is 1. The van der Waals surface area contributed by atoms with Crippen LogP contribution in [0.1, 0.15) is 6.42 Å². The molecule has 0 spiro atoms. The van der Waals surface area contributed by atoms with Gasteiger partial charge in [0.05, 0.1) is 5.69 Å². The van der Waals surface area contributed by atoms with E-state index in [-0.39, 0.29) is 18.4 Å². The molecule has 1 heterocycles. The minimum Gasteiger partial charge on any atom is -0.482 e. The summed E-state index contributed by atoms with van der Waals surface area (Å²) in [5.41, 5.74) is 0.786. The summed E-state index contributed by atoms with van der Waals surface area (Å²) < 4.78 is 5.35. The van der Waals surface area contributed by atoms with Crippen LogP contribution in [0.4, 0.5) is 5.69 Å².